The Kier molecular flexibility index (Phi) is 6.46. The second-order valence-electron chi connectivity index (χ2n) is 7.96. The first-order chi connectivity index (χ1) is 14.7. The summed E-state index contributed by atoms with van der Waals surface area (Å²) < 4.78 is 8.44. The van der Waals surface area contributed by atoms with Crippen LogP contribution < -0.4 is 15.6 Å². The van der Waals surface area contributed by atoms with E-state index in [0.29, 0.717) is 6.42 Å². The van der Waals surface area contributed by atoms with Crippen LogP contribution in [0.15, 0.2) is 91.0 Å². The van der Waals surface area contributed by atoms with Crippen molar-refractivity contribution in [1.29, 1.82) is 0 Å². The minimum atomic E-state index is -2.63. The molecule has 1 aliphatic heterocycles. The summed E-state index contributed by atoms with van der Waals surface area (Å²) in [5, 5.41) is 3.88. The maximum absolute atomic E-state index is 12.5. The monoisotopic (exact) mass is 415 g/mol. The molecule has 0 N–H and O–H groups in total. The van der Waals surface area contributed by atoms with Gasteiger partial charge in [0.25, 0.3) is 0 Å². The van der Waals surface area contributed by atoms with Crippen molar-refractivity contribution in [3.8, 4) is 0 Å². The van der Waals surface area contributed by atoms with E-state index in [4.69, 9.17) is 4.74 Å². The van der Waals surface area contributed by atoms with Crippen molar-refractivity contribution in [3.05, 3.63) is 91.0 Å². The summed E-state index contributed by atoms with van der Waals surface area (Å²) >= 11 is 0. The van der Waals surface area contributed by atoms with Crippen molar-refractivity contribution >= 4 is 29.8 Å². The van der Waals surface area contributed by atoms with Crippen LogP contribution in [0.5, 0.6) is 0 Å². The zero-order chi connectivity index (χ0) is 20.8. The van der Waals surface area contributed by atoms with Crippen LogP contribution >= 0.6 is 0 Å². The van der Waals surface area contributed by atoms with Crippen molar-refractivity contribution in [2.75, 3.05) is 7.05 Å². The van der Waals surface area contributed by atoms with Crippen molar-refractivity contribution in [2.24, 2.45) is 0 Å². The van der Waals surface area contributed by atoms with E-state index in [1.807, 2.05) is 0 Å². The highest BCUT2D eigenvalue weighted by Crippen LogP contribution is 2.22. The highest BCUT2D eigenvalue weighted by atomic mass is 28.3. The van der Waals surface area contributed by atoms with Crippen LogP contribution in [0.4, 0.5) is 0 Å². The number of esters is 1. The van der Waals surface area contributed by atoms with Gasteiger partial charge in [0.1, 0.15) is 6.23 Å². The molecule has 154 valence electrons. The van der Waals surface area contributed by atoms with Crippen LogP contribution in [-0.4, -0.2) is 32.0 Å². The fourth-order valence-electron chi connectivity index (χ4n) is 4.67. The highest BCUT2D eigenvalue weighted by Gasteiger charge is 2.47. The zero-order valence-electron chi connectivity index (χ0n) is 17.5. The Morgan fingerprint density at radius 1 is 0.733 bits per heavy atom. The molecule has 0 spiro atoms. The van der Waals surface area contributed by atoms with E-state index in [2.05, 4.69) is 103 Å². The topological polar surface area (TPSA) is 29.5 Å². The molecule has 3 nitrogen and oxygen atoms in total. The van der Waals surface area contributed by atoms with Crippen molar-refractivity contribution in [2.45, 2.75) is 38.3 Å². The molecule has 0 aliphatic carbocycles. The highest BCUT2D eigenvalue weighted by molar-refractivity contribution is 7.09. The first kappa shape index (κ1) is 20.6. The molecular formula is C26H29NO2Si. The average molecular weight is 416 g/mol. The van der Waals surface area contributed by atoms with Gasteiger partial charge in [-0.25, -0.2) is 0 Å². The number of benzene rings is 3. The normalized spacial score (nSPS) is 17.8. The van der Waals surface area contributed by atoms with Gasteiger partial charge in [-0.1, -0.05) is 97.4 Å². The van der Waals surface area contributed by atoms with E-state index in [9.17, 15) is 4.79 Å². The number of nitrogens with zero attached hydrogens (tertiary/aromatic N) is 1. The number of hydrogen-bond donors (Lipinski definition) is 0. The van der Waals surface area contributed by atoms with Gasteiger partial charge < -0.3 is 4.74 Å². The van der Waals surface area contributed by atoms with Crippen LogP contribution in [0.25, 0.3) is 0 Å². The molecule has 3 aromatic rings. The Hall–Kier alpha value is -2.69. The van der Waals surface area contributed by atoms with Gasteiger partial charge in [-0.05, 0) is 41.9 Å². The summed E-state index contributed by atoms with van der Waals surface area (Å²) in [5.74, 6) is -0.0800. The zero-order valence-corrected chi connectivity index (χ0v) is 18.5. The molecule has 0 saturated carbocycles. The molecule has 1 saturated heterocycles. The quantitative estimate of drug-likeness (QED) is 0.363. The van der Waals surface area contributed by atoms with Crippen LogP contribution in [0, 0.1) is 0 Å². The molecule has 1 fully saturated rings. The summed E-state index contributed by atoms with van der Waals surface area (Å²) in [7, 11) is -0.475. The number of hydrogen-bond acceptors (Lipinski definition) is 3. The molecule has 4 heteroatoms. The van der Waals surface area contributed by atoms with Crippen molar-refractivity contribution in [1.82, 2.24) is 4.57 Å². The van der Waals surface area contributed by atoms with Crippen molar-refractivity contribution in [3.63, 3.8) is 0 Å². The number of carbonyl (C=O) groups excluding carboxylic acids is 1. The fourth-order valence-corrected chi connectivity index (χ4v) is 9.53. The van der Waals surface area contributed by atoms with E-state index in [-0.39, 0.29) is 12.2 Å². The Balaban J connectivity index is 1.93. The van der Waals surface area contributed by atoms with E-state index >= 15 is 0 Å². The molecule has 0 aromatic heterocycles. The minimum absolute atomic E-state index is 0.0800. The lowest BCUT2D eigenvalue weighted by atomic mass is 10.1. The molecule has 0 bridgehead atoms. The number of rotatable bonds is 5. The third kappa shape index (κ3) is 3.98. The van der Waals surface area contributed by atoms with E-state index in [0.717, 1.165) is 25.7 Å². The minimum Gasteiger partial charge on any atom is -0.447 e. The smallest absolute Gasteiger partial charge is 0.307 e. The summed E-state index contributed by atoms with van der Waals surface area (Å²) in [6, 6.07) is 32.2. The third-order valence-corrected chi connectivity index (χ3v) is 11.0. The van der Waals surface area contributed by atoms with Gasteiger partial charge in [0.05, 0.1) is 0 Å². The third-order valence-electron chi connectivity index (χ3n) is 6.14. The van der Waals surface area contributed by atoms with Crippen LogP contribution in [-0.2, 0) is 9.53 Å². The van der Waals surface area contributed by atoms with Crippen LogP contribution in [0.3, 0.4) is 0 Å². The summed E-state index contributed by atoms with van der Waals surface area (Å²) in [6.45, 7) is 0. The predicted molar refractivity (Wildman–Crippen MR) is 125 cm³/mol. The maximum atomic E-state index is 12.5. The Labute approximate surface area is 180 Å². The lowest BCUT2D eigenvalue weighted by molar-refractivity contribution is -0.156. The number of cyclic esters (lactones) is 1. The standard InChI is InChI=1S/C26H29NO2Si/c1-27(25-20-12-5-13-21-26(28)29-25)30(22-14-6-2-7-15-22,23-16-8-3-9-17-23)24-18-10-4-11-19-24/h2-4,6-11,14-19,25H,5,12-13,20-21H2,1H3. The molecule has 0 amide bonds. The second kappa shape index (κ2) is 9.41. The van der Waals surface area contributed by atoms with Gasteiger partial charge >= 0.3 is 5.97 Å². The number of carbonyl (C=O) groups is 1. The largest absolute Gasteiger partial charge is 0.447 e. The second-order valence-corrected chi connectivity index (χ2v) is 11.8. The van der Waals surface area contributed by atoms with Crippen LogP contribution in [0.2, 0.25) is 0 Å². The molecule has 0 radical (unpaired) electrons. The van der Waals surface area contributed by atoms with E-state index in [1.54, 1.807) is 0 Å². The predicted octanol–water partition coefficient (Wildman–Crippen LogP) is 3.42. The SMILES string of the molecule is CN(C1CCCCCC(=O)O1)[Si](c1ccccc1)(c1ccccc1)c1ccccc1. The maximum Gasteiger partial charge on any atom is 0.307 e. The Morgan fingerprint density at radius 3 is 1.67 bits per heavy atom. The van der Waals surface area contributed by atoms with Gasteiger partial charge in [0.15, 0.2) is 0 Å². The Bertz CT molecular complexity index is 850. The summed E-state index contributed by atoms with van der Waals surface area (Å²) in [4.78, 5) is 12.5. The molecule has 1 aliphatic rings. The summed E-state index contributed by atoms with van der Waals surface area (Å²) in [5.41, 5.74) is 0. The van der Waals surface area contributed by atoms with E-state index < -0.39 is 8.24 Å². The van der Waals surface area contributed by atoms with Gasteiger partial charge in [-0.3, -0.25) is 9.36 Å². The van der Waals surface area contributed by atoms with E-state index in [1.165, 1.54) is 15.6 Å². The number of ether oxygens (including phenoxy) is 1. The molecule has 1 unspecified atom stereocenters. The van der Waals surface area contributed by atoms with Gasteiger partial charge in [0, 0.05) is 6.42 Å². The molecule has 3 aromatic carbocycles. The van der Waals surface area contributed by atoms with Gasteiger partial charge in [-0.15, -0.1) is 0 Å². The lowest BCUT2D eigenvalue weighted by Gasteiger charge is -2.45. The molecule has 1 heterocycles. The first-order valence-corrected chi connectivity index (χ1v) is 12.8. The van der Waals surface area contributed by atoms with Crippen molar-refractivity contribution < 1.29 is 9.53 Å². The van der Waals surface area contributed by atoms with Gasteiger partial charge in [0.2, 0.25) is 8.24 Å². The lowest BCUT2D eigenvalue weighted by Crippen LogP contribution is -2.78. The van der Waals surface area contributed by atoms with Crippen LogP contribution in [0.1, 0.15) is 32.1 Å². The Morgan fingerprint density at radius 2 is 1.20 bits per heavy atom. The first-order valence-electron chi connectivity index (χ1n) is 10.8. The molecule has 30 heavy (non-hydrogen) atoms. The summed E-state index contributed by atoms with van der Waals surface area (Å²) in [6.07, 6.45) is 4.23. The fraction of sp³-hybridized carbons (Fsp3) is 0.269. The molecular weight excluding hydrogens is 386 g/mol. The molecule has 1 atom stereocenters. The van der Waals surface area contributed by atoms with Gasteiger partial charge in [-0.2, -0.15) is 0 Å². The average Bonchev–Trinajstić information content (AvgIpc) is 2.79. The molecule has 4 rings (SSSR count).